The van der Waals surface area contributed by atoms with Crippen LogP contribution < -0.4 is 10.6 Å². The maximum absolute atomic E-state index is 5.73. The van der Waals surface area contributed by atoms with E-state index in [9.17, 15) is 0 Å². The second-order valence-electron chi connectivity index (χ2n) is 4.42. The number of nitrogen functional groups attached to an aromatic ring is 1. The van der Waals surface area contributed by atoms with Crippen molar-refractivity contribution in [1.82, 2.24) is 4.98 Å². The molecule has 0 aromatic carbocycles. The van der Waals surface area contributed by atoms with E-state index in [1.165, 1.54) is 11.3 Å². The Morgan fingerprint density at radius 2 is 2.25 bits per heavy atom. The molecule has 0 saturated carbocycles. The summed E-state index contributed by atoms with van der Waals surface area (Å²) in [6.07, 6.45) is 1.75. The number of pyridine rings is 1. The zero-order valence-electron chi connectivity index (χ0n) is 10.1. The average molecular weight is 237 g/mol. The van der Waals surface area contributed by atoms with E-state index in [2.05, 4.69) is 30.7 Å². The van der Waals surface area contributed by atoms with E-state index in [0.29, 0.717) is 11.3 Å². The van der Waals surface area contributed by atoms with Crippen molar-refractivity contribution in [2.45, 2.75) is 32.1 Å². The molecule has 4 heteroatoms. The lowest BCUT2D eigenvalue weighted by Gasteiger charge is -2.39. The van der Waals surface area contributed by atoms with Gasteiger partial charge in [-0.05, 0) is 25.5 Å². The molecule has 1 saturated heterocycles. The third-order valence-electron chi connectivity index (χ3n) is 3.23. The minimum Gasteiger partial charge on any atom is -0.397 e. The highest BCUT2D eigenvalue weighted by Crippen LogP contribution is 2.29. The first kappa shape index (κ1) is 11.6. The van der Waals surface area contributed by atoms with E-state index < -0.39 is 0 Å². The van der Waals surface area contributed by atoms with Crippen molar-refractivity contribution in [2.75, 3.05) is 22.9 Å². The highest BCUT2D eigenvalue weighted by Gasteiger charge is 2.26. The van der Waals surface area contributed by atoms with Gasteiger partial charge in [-0.15, -0.1) is 0 Å². The SMILES string of the molecule is Cc1cc(N)cnc1N1CCSC(C)C1C. The molecule has 0 aliphatic carbocycles. The summed E-state index contributed by atoms with van der Waals surface area (Å²) in [6.45, 7) is 7.72. The second kappa shape index (κ2) is 4.53. The number of thioether (sulfide) groups is 1. The van der Waals surface area contributed by atoms with Crippen LogP contribution in [-0.2, 0) is 0 Å². The minimum absolute atomic E-state index is 0.536. The topological polar surface area (TPSA) is 42.1 Å². The molecule has 2 unspecified atom stereocenters. The van der Waals surface area contributed by atoms with E-state index >= 15 is 0 Å². The fraction of sp³-hybridized carbons (Fsp3) is 0.583. The summed E-state index contributed by atoms with van der Waals surface area (Å²) in [7, 11) is 0. The van der Waals surface area contributed by atoms with Gasteiger partial charge in [-0.1, -0.05) is 6.92 Å². The smallest absolute Gasteiger partial charge is 0.131 e. The van der Waals surface area contributed by atoms with Crippen molar-refractivity contribution < 1.29 is 0 Å². The molecule has 0 spiro atoms. The monoisotopic (exact) mass is 237 g/mol. The van der Waals surface area contributed by atoms with E-state index in [1.54, 1.807) is 6.20 Å². The van der Waals surface area contributed by atoms with Gasteiger partial charge in [0.2, 0.25) is 0 Å². The highest BCUT2D eigenvalue weighted by atomic mass is 32.2. The van der Waals surface area contributed by atoms with Gasteiger partial charge in [0.25, 0.3) is 0 Å². The van der Waals surface area contributed by atoms with Crippen LogP contribution in [-0.4, -0.2) is 28.6 Å². The summed E-state index contributed by atoms with van der Waals surface area (Å²) >= 11 is 2.04. The number of hydrogen-bond donors (Lipinski definition) is 1. The molecule has 16 heavy (non-hydrogen) atoms. The maximum Gasteiger partial charge on any atom is 0.131 e. The Labute approximate surface area is 101 Å². The molecule has 0 amide bonds. The van der Waals surface area contributed by atoms with Gasteiger partial charge in [-0.3, -0.25) is 0 Å². The Hall–Kier alpha value is -0.900. The van der Waals surface area contributed by atoms with Gasteiger partial charge >= 0.3 is 0 Å². The molecule has 2 atom stereocenters. The predicted molar refractivity (Wildman–Crippen MR) is 72.1 cm³/mol. The van der Waals surface area contributed by atoms with Crippen molar-refractivity contribution in [1.29, 1.82) is 0 Å². The average Bonchev–Trinajstić information content (AvgIpc) is 2.23. The first-order chi connectivity index (χ1) is 7.59. The largest absolute Gasteiger partial charge is 0.397 e. The first-order valence-corrected chi connectivity index (χ1v) is 6.75. The van der Waals surface area contributed by atoms with Crippen LogP contribution in [0, 0.1) is 6.92 Å². The zero-order valence-corrected chi connectivity index (χ0v) is 10.9. The summed E-state index contributed by atoms with van der Waals surface area (Å²) < 4.78 is 0. The van der Waals surface area contributed by atoms with E-state index in [0.717, 1.165) is 18.1 Å². The highest BCUT2D eigenvalue weighted by molar-refractivity contribution is 8.00. The van der Waals surface area contributed by atoms with Gasteiger partial charge in [0, 0.05) is 23.6 Å². The van der Waals surface area contributed by atoms with Crippen LogP contribution in [0.25, 0.3) is 0 Å². The first-order valence-electron chi connectivity index (χ1n) is 5.70. The molecular weight excluding hydrogens is 218 g/mol. The molecule has 1 aromatic heterocycles. The van der Waals surface area contributed by atoms with Crippen LogP contribution in [0.4, 0.5) is 11.5 Å². The molecule has 0 radical (unpaired) electrons. The molecule has 1 fully saturated rings. The molecular formula is C12H19N3S. The fourth-order valence-corrected chi connectivity index (χ4v) is 3.22. The molecule has 1 aromatic rings. The second-order valence-corrected chi connectivity index (χ2v) is 5.90. The van der Waals surface area contributed by atoms with Crippen LogP contribution in [0.15, 0.2) is 12.3 Å². The van der Waals surface area contributed by atoms with Crippen LogP contribution >= 0.6 is 11.8 Å². The van der Waals surface area contributed by atoms with Crippen LogP contribution in [0.2, 0.25) is 0 Å². The fourth-order valence-electron chi connectivity index (χ4n) is 2.12. The third-order valence-corrected chi connectivity index (χ3v) is 4.57. The number of aromatic nitrogens is 1. The number of anilines is 2. The maximum atomic E-state index is 5.73. The number of nitrogens with two attached hydrogens (primary N) is 1. The number of nitrogens with zero attached hydrogens (tertiary/aromatic N) is 2. The predicted octanol–water partition coefficient (Wildman–Crippen LogP) is 2.30. The summed E-state index contributed by atoms with van der Waals surface area (Å²) in [4.78, 5) is 6.88. The molecule has 2 N–H and O–H groups in total. The molecule has 0 bridgehead atoms. The van der Waals surface area contributed by atoms with Gasteiger partial charge < -0.3 is 10.6 Å². The van der Waals surface area contributed by atoms with Gasteiger partial charge in [-0.2, -0.15) is 11.8 Å². The number of hydrogen-bond acceptors (Lipinski definition) is 4. The lowest BCUT2D eigenvalue weighted by molar-refractivity contribution is 0.619. The number of rotatable bonds is 1. The third kappa shape index (κ3) is 2.12. The van der Waals surface area contributed by atoms with Gasteiger partial charge in [0.15, 0.2) is 0 Å². The summed E-state index contributed by atoms with van der Waals surface area (Å²) in [5.41, 5.74) is 7.65. The van der Waals surface area contributed by atoms with E-state index in [-0.39, 0.29) is 0 Å². The van der Waals surface area contributed by atoms with Crippen LogP contribution in [0.1, 0.15) is 19.4 Å². The molecule has 88 valence electrons. The molecule has 2 heterocycles. The summed E-state index contributed by atoms with van der Waals surface area (Å²) in [5, 5.41) is 0.660. The van der Waals surface area contributed by atoms with Gasteiger partial charge in [0.05, 0.1) is 11.9 Å². The van der Waals surface area contributed by atoms with Crippen molar-refractivity contribution in [2.24, 2.45) is 0 Å². The zero-order chi connectivity index (χ0) is 11.7. The molecule has 1 aliphatic heterocycles. The van der Waals surface area contributed by atoms with Crippen LogP contribution in [0.5, 0.6) is 0 Å². The molecule has 1 aliphatic rings. The Balaban J connectivity index is 2.29. The van der Waals surface area contributed by atoms with E-state index in [1.807, 2.05) is 17.8 Å². The minimum atomic E-state index is 0.536. The standard InChI is InChI=1S/C12H19N3S/c1-8-6-11(13)7-14-12(8)15-4-5-16-10(3)9(15)2/h6-7,9-10H,4-5,13H2,1-3H3. The Morgan fingerprint density at radius 1 is 1.50 bits per heavy atom. The van der Waals surface area contributed by atoms with Crippen molar-refractivity contribution >= 4 is 23.3 Å². The van der Waals surface area contributed by atoms with E-state index in [4.69, 9.17) is 5.73 Å². The Bertz CT molecular complexity index is 381. The van der Waals surface area contributed by atoms with Crippen molar-refractivity contribution in [3.63, 3.8) is 0 Å². The van der Waals surface area contributed by atoms with Crippen LogP contribution in [0.3, 0.4) is 0 Å². The Kier molecular flexibility index (Phi) is 3.28. The summed E-state index contributed by atoms with van der Waals surface area (Å²) in [6, 6.07) is 2.54. The van der Waals surface area contributed by atoms with Crippen molar-refractivity contribution in [3.05, 3.63) is 17.8 Å². The lowest BCUT2D eigenvalue weighted by atomic mass is 10.1. The molecule has 3 nitrogen and oxygen atoms in total. The number of aryl methyl sites for hydroxylation is 1. The lowest BCUT2D eigenvalue weighted by Crippen LogP contribution is -2.45. The molecule has 2 rings (SSSR count). The Morgan fingerprint density at radius 3 is 2.94 bits per heavy atom. The van der Waals surface area contributed by atoms with Gasteiger partial charge in [0.1, 0.15) is 5.82 Å². The quantitative estimate of drug-likeness (QED) is 0.814. The van der Waals surface area contributed by atoms with Gasteiger partial charge in [-0.25, -0.2) is 4.98 Å². The van der Waals surface area contributed by atoms with Crippen molar-refractivity contribution in [3.8, 4) is 0 Å². The normalized spacial score (nSPS) is 25.8. The summed E-state index contributed by atoms with van der Waals surface area (Å²) in [5.74, 6) is 2.27.